The maximum absolute atomic E-state index is 5.95. The lowest BCUT2D eigenvalue weighted by atomic mass is 9.79. The number of aromatic nitrogens is 2. The van der Waals surface area contributed by atoms with Crippen LogP contribution in [0.2, 0.25) is 0 Å². The Morgan fingerprint density at radius 1 is 1.33 bits per heavy atom. The molecule has 0 aromatic carbocycles. The number of rotatable bonds is 1. The molecule has 3 nitrogen and oxygen atoms in total. The topological polar surface area (TPSA) is 43.8 Å². The number of nitrogens with zero attached hydrogens (tertiary/aromatic N) is 2. The smallest absolute Gasteiger partial charge is 0.122 e. The lowest BCUT2D eigenvalue weighted by molar-refractivity contribution is 0.202. The molecule has 84 valence electrons. The van der Waals surface area contributed by atoms with Crippen molar-refractivity contribution in [3.8, 4) is 0 Å². The molecule has 3 unspecified atom stereocenters. The van der Waals surface area contributed by atoms with Gasteiger partial charge in [0.05, 0.1) is 11.7 Å². The van der Waals surface area contributed by atoms with E-state index < -0.39 is 0 Å². The molecule has 0 amide bonds. The summed E-state index contributed by atoms with van der Waals surface area (Å²) in [7, 11) is 0. The van der Waals surface area contributed by atoms with Crippen LogP contribution in [0.15, 0.2) is 6.07 Å². The highest BCUT2D eigenvalue weighted by atomic mass is 15.3. The molecule has 0 spiro atoms. The molecular weight excluding hydrogens is 186 g/mol. The Kier molecular flexibility index (Phi) is 2.72. The molecule has 2 N–H and O–H groups in total. The largest absolute Gasteiger partial charge is 0.384 e. The van der Waals surface area contributed by atoms with Gasteiger partial charge in [0, 0.05) is 6.07 Å². The zero-order valence-corrected chi connectivity index (χ0v) is 9.90. The van der Waals surface area contributed by atoms with Gasteiger partial charge in [-0.2, -0.15) is 5.10 Å². The summed E-state index contributed by atoms with van der Waals surface area (Å²) in [4.78, 5) is 0. The molecule has 1 heterocycles. The minimum atomic E-state index is 0.518. The van der Waals surface area contributed by atoms with E-state index in [1.165, 1.54) is 19.3 Å². The highest BCUT2D eigenvalue weighted by molar-refractivity contribution is 5.30. The Labute approximate surface area is 91.7 Å². The van der Waals surface area contributed by atoms with Crippen molar-refractivity contribution >= 4 is 5.82 Å². The van der Waals surface area contributed by atoms with Gasteiger partial charge in [0.2, 0.25) is 0 Å². The van der Waals surface area contributed by atoms with E-state index in [-0.39, 0.29) is 0 Å². The predicted octanol–water partition coefficient (Wildman–Crippen LogP) is 2.77. The Hall–Kier alpha value is -0.990. The van der Waals surface area contributed by atoms with Crippen LogP contribution < -0.4 is 5.73 Å². The van der Waals surface area contributed by atoms with Crippen molar-refractivity contribution in [2.24, 2.45) is 11.8 Å². The Balaban J connectivity index is 2.15. The second kappa shape index (κ2) is 3.87. The Bertz CT molecular complexity index is 343. The molecule has 1 aromatic rings. The van der Waals surface area contributed by atoms with Crippen LogP contribution in [0.5, 0.6) is 0 Å². The molecular formula is C12H21N3. The zero-order chi connectivity index (χ0) is 11.0. The quantitative estimate of drug-likeness (QED) is 0.769. The molecule has 1 aliphatic rings. The lowest BCUT2D eigenvalue weighted by Gasteiger charge is -2.32. The Morgan fingerprint density at radius 2 is 2.07 bits per heavy atom. The molecule has 1 aromatic heterocycles. The Morgan fingerprint density at radius 3 is 2.60 bits per heavy atom. The number of nitrogen functional groups attached to an aromatic ring is 1. The van der Waals surface area contributed by atoms with Crippen molar-refractivity contribution in [1.82, 2.24) is 9.78 Å². The molecule has 1 aliphatic carbocycles. The number of hydrogen-bond acceptors (Lipinski definition) is 2. The van der Waals surface area contributed by atoms with E-state index in [4.69, 9.17) is 5.73 Å². The van der Waals surface area contributed by atoms with Gasteiger partial charge in [0.15, 0.2) is 0 Å². The van der Waals surface area contributed by atoms with Crippen LogP contribution >= 0.6 is 0 Å². The first-order valence-electron chi connectivity index (χ1n) is 5.89. The summed E-state index contributed by atoms with van der Waals surface area (Å²) in [6, 6.07) is 2.48. The van der Waals surface area contributed by atoms with Gasteiger partial charge in [-0.25, -0.2) is 4.68 Å². The number of aryl methyl sites for hydroxylation is 1. The molecule has 0 aliphatic heterocycles. The minimum absolute atomic E-state index is 0.518. The highest BCUT2D eigenvalue weighted by Crippen LogP contribution is 2.36. The normalized spacial score (nSPS) is 31.8. The van der Waals surface area contributed by atoms with E-state index in [1.807, 2.05) is 17.7 Å². The van der Waals surface area contributed by atoms with Crippen LogP contribution in [0.25, 0.3) is 0 Å². The third-order valence-electron chi connectivity index (χ3n) is 3.80. The van der Waals surface area contributed by atoms with Crippen molar-refractivity contribution in [1.29, 1.82) is 0 Å². The lowest BCUT2D eigenvalue weighted by Crippen LogP contribution is -2.24. The predicted molar refractivity (Wildman–Crippen MR) is 62.6 cm³/mol. The molecule has 2 rings (SSSR count). The van der Waals surface area contributed by atoms with E-state index in [0.29, 0.717) is 6.04 Å². The van der Waals surface area contributed by atoms with Gasteiger partial charge < -0.3 is 5.73 Å². The molecule has 0 bridgehead atoms. The standard InChI is InChI=1S/C12H21N3/c1-8-4-5-11(6-9(8)2)15-12(13)7-10(3)14-15/h7-9,11H,4-6,13H2,1-3H3. The molecule has 15 heavy (non-hydrogen) atoms. The first-order valence-corrected chi connectivity index (χ1v) is 5.89. The summed E-state index contributed by atoms with van der Waals surface area (Å²) in [5.74, 6) is 2.45. The number of hydrogen-bond donors (Lipinski definition) is 1. The van der Waals surface area contributed by atoms with Crippen molar-refractivity contribution < 1.29 is 0 Å². The van der Waals surface area contributed by atoms with Gasteiger partial charge in [0.25, 0.3) is 0 Å². The van der Waals surface area contributed by atoms with Crippen LogP contribution in [-0.4, -0.2) is 9.78 Å². The van der Waals surface area contributed by atoms with Crippen LogP contribution in [0.4, 0.5) is 5.82 Å². The van der Waals surface area contributed by atoms with Gasteiger partial charge in [-0.05, 0) is 38.0 Å². The third-order valence-corrected chi connectivity index (χ3v) is 3.80. The van der Waals surface area contributed by atoms with Crippen LogP contribution in [0, 0.1) is 18.8 Å². The van der Waals surface area contributed by atoms with Crippen molar-refractivity contribution in [2.75, 3.05) is 5.73 Å². The average Bonchev–Trinajstić information content (AvgIpc) is 2.50. The molecule has 1 saturated carbocycles. The highest BCUT2D eigenvalue weighted by Gasteiger charge is 2.26. The summed E-state index contributed by atoms with van der Waals surface area (Å²) in [5.41, 5.74) is 6.98. The molecule has 3 heteroatoms. The SMILES string of the molecule is Cc1cc(N)n(C2CCC(C)C(C)C2)n1. The first kappa shape index (κ1) is 10.5. The van der Waals surface area contributed by atoms with Crippen LogP contribution in [0.3, 0.4) is 0 Å². The fourth-order valence-corrected chi connectivity index (χ4v) is 2.57. The minimum Gasteiger partial charge on any atom is -0.384 e. The van der Waals surface area contributed by atoms with Crippen molar-refractivity contribution in [3.63, 3.8) is 0 Å². The third kappa shape index (κ3) is 2.01. The fourth-order valence-electron chi connectivity index (χ4n) is 2.57. The molecule has 1 fully saturated rings. The summed E-state index contributed by atoms with van der Waals surface area (Å²) >= 11 is 0. The second-order valence-electron chi connectivity index (χ2n) is 5.08. The van der Waals surface area contributed by atoms with Gasteiger partial charge >= 0.3 is 0 Å². The zero-order valence-electron chi connectivity index (χ0n) is 9.90. The molecule has 0 saturated heterocycles. The number of anilines is 1. The summed E-state index contributed by atoms with van der Waals surface area (Å²) in [5, 5.41) is 4.49. The molecule has 3 atom stereocenters. The van der Waals surface area contributed by atoms with Crippen LogP contribution in [0.1, 0.15) is 44.8 Å². The van der Waals surface area contributed by atoms with Gasteiger partial charge in [-0.1, -0.05) is 13.8 Å². The summed E-state index contributed by atoms with van der Waals surface area (Å²) in [6.07, 6.45) is 3.73. The van der Waals surface area contributed by atoms with Crippen molar-refractivity contribution in [3.05, 3.63) is 11.8 Å². The maximum atomic E-state index is 5.95. The van der Waals surface area contributed by atoms with Gasteiger partial charge in [0.1, 0.15) is 5.82 Å². The van der Waals surface area contributed by atoms with E-state index in [9.17, 15) is 0 Å². The van der Waals surface area contributed by atoms with E-state index >= 15 is 0 Å². The van der Waals surface area contributed by atoms with Crippen molar-refractivity contribution in [2.45, 2.75) is 46.1 Å². The number of nitrogens with two attached hydrogens (primary N) is 1. The first-order chi connectivity index (χ1) is 7.08. The maximum Gasteiger partial charge on any atom is 0.122 e. The van der Waals surface area contributed by atoms with E-state index in [1.54, 1.807) is 0 Å². The fraction of sp³-hybridized carbons (Fsp3) is 0.750. The molecule has 0 radical (unpaired) electrons. The van der Waals surface area contributed by atoms with E-state index in [2.05, 4.69) is 18.9 Å². The van der Waals surface area contributed by atoms with Gasteiger partial charge in [-0.3, -0.25) is 0 Å². The second-order valence-corrected chi connectivity index (χ2v) is 5.08. The summed E-state index contributed by atoms with van der Waals surface area (Å²) < 4.78 is 2.03. The monoisotopic (exact) mass is 207 g/mol. The summed E-state index contributed by atoms with van der Waals surface area (Å²) in [6.45, 7) is 6.68. The van der Waals surface area contributed by atoms with E-state index in [0.717, 1.165) is 23.3 Å². The van der Waals surface area contributed by atoms with Gasteiger partial charge in [-0.15, -0.1) is 0 Å². The average molecular weight is 207 g/mol. The van der Waals surface area contributed by atoms with Crippen LogP contribution in [-0.2, 0) is 0 Å².